The Labute approximate surface area is 158 Å². The van der Waals surface area contributed by atoms with Crippen molar-refractivity contribution in [2.45, 2.75) is 20.3 Å². The van der Waals surface area contributed by atoms with Crippen LogP contribution in [-0.2, 0) is 9.53 Å². The molecule has 2 aromatic carbocycles. The summed E-state index contributed by atoms with van der Waals surface area (Å²) in [5.41, 5.74) is 3.00. The van der Waals surface area contributed by atoms with Gasteiger partial charge in [0.2, 0.25) is 5.91 Å². The van der Waals surface area contributed by atoms with E-state index < -0.39 is 5.97 Å². The lowest BCUT2D eigenvalue weighted by Gasteiger charge is -2.22. The number of carbonyl (C=O) groups excluding carboxylic acids is 2. The van der Waals surface area contributed by atoms with E-state index in [1.54, 1.807) is 23.1 Å². The SMILES string of the molecule is CCN(C(=O)CCNc1cc(C(=O)OC)ccc1Cl)c1cccc(C)c1. The first-order chi connectivity index (χ1) is 12.5. The van der Waals surface area contributed by atoms with Crippen molar-refractivity contribution in [2.24, 2.45) is 0 Å². The second kappa shape index (κ2) is 9.25. The van der Waals surface area contributed by atoms with Crippen LogP contribution in [0.15, 0.2) is 42.5 Å². The highest BCUT2D eigenvalue weighted by atomic mass is 35.5. The lowest BCUT2D eigenvalue weighted by Crippen LogP contribution is -2.31. The van der Waals surface area contributed by atoms with Crippen molar-refractivity contribution in [3.8, 4) is 0 Å². The third kappa shape index (κ3) is 4.99. The van der Waals surface area contributed by atoms with E-state index in [0.717, 1.165) is 11.3 Å². The molecule has 0 atom stereocenters. The van der Waals surface area contributed by atoms with Crippen molar-refractivity contribution < 1.29 is 14.3 Å². The van der Waals surface area contributed by atoms with Crippen molar-refractivity contribution in [1.82, 2.24) is 0 Å². The number of rotatable bonds is 7. The van der Waals surface area contributed by atoms with Crippen molar-refractivity contribution in [3.05, 3.63) is 58.6 Å². The molecule has 2 aromatic rings. The van der Waals surface area contributed by atoms with Crippen LogP contribution < -0.4 is 10.2 Å². The predicted octanol–water partition coefficient (Wildman–Crippen LogP) is 4.29. The topological polar surface area (TPSA) is 58.6 Å². The van der Waals surface area contributed by atoms with Crippen molar-refractivity contribution in [3.63, 3.8) is 0 Å². The smallest absolute Gasteiger partial charge is 0.337 e. The number of nitrogens with one attached hydrogen (secondary N) is 1. The molecule has 138 valence electrons. The number of ether oxygens (including phenoxy) is 1. The average molecular weight is 375 g/mol. The fraction of sp³-hybridized carbons (Fsp3) is 0.300. The Hall–Kier alpha value is -2.53. The summed E-state index contributed by atoms with van der Waals surface area (Å²) in [7, 11) is 1.33. The minimum absolute atomic E-state index is 0.0193. The minimum Gasteiger partial charge on any atom is -0.465 e. The fourth-order valence-corrected chi connectivity index (χ4v) is 2.83. The zero-order valence-electron chi connectivity index (χ0n) is 15.2. The molecule has 26 heavy (non-hydrogen) atoms. The Morgan fingerprint density at radius 2 is 1.96 bits per heavy atom. The number of carbonyl (C=O) groups is 2. The van der Waals surface area contributed by atoms with Gasteiger partial charge >= 0.3 is 5.97 Å². The highest BCUT2D eigenvalue weighted by molar-refractivity contribution is 6.33. The lowest BCUT2D eigenvalue weighted by atomic mass is 10.2. The molecule has 2 rings (SSSR count). The number of methoxy groups -OCH3 is 1. The predicted molar refractivity (Wildman–Crippen MR) is 105 cm³/mol. The summed E-state index contributed by atoms with van der Waals surface area (Å²) >= 11 is 6.15. The zero-order valence-corrected chi connectivity index (χ0v) is 16.0. The monoisotopic (exact) mass is 374 g/mol. The summed E-state index contributed by atoms with van der Waals surface area (Å²) in [5.74, 6) is -0.414. The number of esters is 1. The number of benzene rings is 2. The maximum absolute atomic E-state index is 12.6. The second-order valence-electron chi connectivity index (χ2n) is 5.84. The third-order valence-corrected chi connectivity index (χ3v) is 4.30. The van der Waals surface area contributed by atoms with E-state index in [1.165, 1.54) is 7.11 Å². The number of anilines is 2. The van der Waals surface area contributed by atoms with Crippen molar-refractivity contribution in [1.29, 1.82) is 0 Å². The summed E-state index contributed by atoms with van der Waals surface area (Å²) in [4.78, 5) is 25.9. The van der Waals surface area contributed by atoms with Gasteiger partial charge in [-0.05, 0) is 49.7 Å². The molecule has 0 aliphatic heterocycles. The van der Waals surface area contributed by atoms with Gasteiger partial charge < -0.3 is 15.0 Å². The van der Waals surface area contributed by atoms with Gasteiger partial charge in [0.15, 0.2) is 0 Å². The van der Waals surface area contributed by atoms with Crippen LogP contribution in [0.3, 0.4) is 0 Å². The molecule has 0 bridgehead atoms. The Kier molecular flexibility index (Phi) is 7.04. The molecule has 1 amide bonds. The molecule has 0 aliphatic rings. The van der Waals surface area contributed by atoms with E-state index in [9.17, 15) is 9.59 Å². The molecule has 0 saturated carbocycles. The standard InChI is InChI=1S/C20H23ClN2O3/c1-4-23(16-7-5-6-14(2)12-16)19(24)10-11-22-18-13-15(20(25)26-3)8-9-17(18)21/h5-9,12-13,22H,4,10-11H2,1-3H3. The van der Waals surface area contributed by atoms with Crippen LogP contribution in [0, 0.1) is 6.92 Å². The number of hydrogen-bond donors (Lipinski definition) is 1. The number of hydrogen-bond acceptors (Lipinski definition) is 4. The minimum atomic E-state index is -0.433. The van der Waals surface area contributed by atoms with Gasteiger partial charge in [-0.1, -0.05) is 23.7 Å². The van der Waals surface area contributed by atoms with Crippen LogP contribution in [-0.4, -0.2) is 32.1 Å². The van der Waals surface area contributed by atoms with Crippen molar-refractivity contribution >= 4 is 34.9 Å². The maximum atomic E-state index is 12.6. The Morgan fingerprint density at radius 1 is 1.19 bits per heavy atom. The second-order valence-corrected chi connectivity index (χ2v) is 6.25. The number of amides is 1. The summed E-state index contributed by atoms with van der Waals surface area (Å²) in [6, 6.07) is 12.7. The largest absolute Gasteiger partial charge is 0.465 e. The summed E-state index contributed by atoms with van der Waals surface area (Å²) in [6.07, 6.45) is 0.306. The molecule has 5 nitrogen and oxygen atoms in total. The first-order valence-corrected chi connectivity index (χ1v) is 8.82. The van der Waals surface area contributed by atoms with Gasteiger partial charge in [0.1, 0.15) is 0 Å². The Morgan fingerprint density at radius 3 is 2.62 bits per heavy atom. The maximum Gasteiger partial charge on any atom is 0.337 e. The van der Waals surface area contributed by atoms with Crippen LogP contribution in [0.4, 0.5) is 11.4 Å². The average Bonchev–Trinajstić information content (AvgIpc) is 2.63. The van der Waals surface area contributed by atoms with E-state index in [2.05, 4.69) is 5.32 Å². The molecule has 0 spiro atoms. The number of aryl methyl sites for hydroxylation is 1. The Balaban J connectivity index is 2.00. The van der Waals surface area contributed by atoms with Gasteiger partial charge in [0, 0.05) is 25.2 Å². The lowest BCUT2D eigenvalue weighted by molar-refractivity contribution is -0.118. The normalized spacial score (nSPS) is 10.3. The molecule has 0 fully saturated rings. The molecule has 0 aliphatic carbocycles. The summed E-state index contributed by atoms with van der Waals surface area (Å²) in [5, 5.41) is 3.60. The van der Waals surface area contributed by atoms with Crippen LogP contribution in [0.5, 0.6) is 0 Å². The number of nitrogens with zero attached hydrogens (tertiary/aromatic N) is 1. The number of halogens is 1. The summed E-state index contributed by atoms with van der Waals surface area (Å²) < 4.78 is 4.71. The molecule has 0 unspecified atom stereocenters. The zero-order chi connectivity index (χ0) is 19.1. The van der Waals surface area contributed by atoms with Gasteiger partial charge in [0.25, 0.3) is 0 Å². The fourth-order valence-electron chi connectivity index (χ4n) is 2.64. The first kappa shape index (κ1) is 19.8. The van der Waals surface area contributed by atoms with Crippen molar-refractivity contribution in [2.75, 3.05) is 30.4 Å². The van der Waals surface area contributed by atoms with E-state index in [-0.39, 0.29) is 5.91 Å². The highest BCUT2D eigenvalue weighted by Gasteiger charge is 2.14. The summed E-state index contributed by atoms with van der Waals surface area (Å²) in [6.45, 7) is 4.95. The third-order valence-electron chi connectivity index (χ3n) is 3.97. The van der Waals surface area contributed by atoms with E-state index >= 15 is 0 Å². The van der Waals surface area contributed by atoms with Crippen LogP contribution in [0.1, 0.15) is 29.3 Å². The molecular weight excluding hydrogens is 352 g/mol. The van der Waals surface area contributed by atoms with Crippen LogP contribution in [0.25, 0.3) is 0 Å². The molecule has 6 heteroatoms. The van der Waals surface area contributed by atoms with Gasteiger partial charge in [0.05, 0.1) is 23.4 Å². The molecule has 1 N–H and O–H groups in total. The van der Waals surface area contributed by atoms with Gasteiger partial charge in [-0.25, -0.2) is 4.79 Å². The van der Waals surface area contributed by atoms with Crippen LogP contribution >= 0.6 is 11.6 Å². The highest BCUT2D eigenvalue weighted by Crippen LogP contribution is 2.23. The van der Waals surface area contributed by atoms with Gasteiger partial charge in [-0.3, -0.25) is 4.79 Å². The van der Waals surface area contributed by atoms with E-state index in [0.29, 0.717) is 35.8 Å². The molecule has 0 aromatic heterocycles. The molecule has 0 saturated heterocycles. The quantitative estimate of drug-likeness (QED) is 0.734. The van der Waals surface area contributed by atoms with E-state index in [4.69, 9.17) is 16.3 Å². The first-order valence-electron chi connectivity index (χ1n) is 8.45. The molecular formula is C20H23ClN2O3. The molecule has 0 heterocycles. The van der Waals surface area contributed by atoms with Gasteiger partial charge in [-0.2, -0.15) is 0 Å². The van der Waals surface area contributed by atoms with Crippen LogP contribution in [0.2, 0.25) is 5.02 Å². The molecule has 0 radical (unpaired) electrons. The Bertz CT molecular complexity index is 792. The van der Waals surface area contributed by atoms with E-state index in [1.807, 2.05) is 38.1 Å². The van der Waals surface area contributed by atoms with Gasteiger partial charge in [-0.15, -0.1) is 0 Å².